The van der Waals surface area contributed by atoms with E-state index in [1.54, 1.807) is 23.8 Å². The molecule has 0 bridgehead atoms. The van der Waals surface area contributed by atoms with Crippen LogP contribution in [0.15, 0.2) is 54.6 Å². The molecule has 0 N–H and O–H groups in total. The molecule has 0 fully saturated rings. The molecule has 0 aliphatic heterocycles. The van der Waals surface area contributed by atoms with Crippen molar-refractivity contribution in [2.24, 2.45) is 0 Å². The van der Waals surface area contributed by atoms with Gasteiger partial charge in [0.1, 0.15) is 5.75 Å². The third kappa shape index (κ3) is 5.32. The highest BCUT2D eigenvalue weighted by molar-refractivity contribution is 7.99. The van der Waals surface area contributed by atoms with Gasteiger partial charge in [-0.25, -0.2) is 0 Å². The van der Waals surface area contributed by atoms with Gasteiger partial charge >= 0.3 is 0 Å². The second kappa shape index (κ2) is 8.63. The van der Waals surface area contributed by atoms with Gasteiger partial charge in [-0.3, -0.25) is 4.79 Å². The first-order valence-electron chi connectivity index (χ1n) is 7.63. The lowest BCUT2D eigenvalue weighted by Crippen LogP contribution is -2.32. The average Bonchev–Trinajstić information content (AvgIpc) is 2.60. The molecule has 0 heterocycles. The molecule has 2 rings (SSSR count). The van der Waals surface area contributed by atoms with Crippen LogP contribution in [-0.4, -0.2) is 30.2 Å². The van der Waals surface area contributed by atoms with Gasteiger partial charge in [-0.1, -0.05) is 42.5 Å². The summed E-state index contributed by atoms with van der Waals surface area (Å²) in [4.78, 5) is 14.3. The molecule has 122 valence electrons. The fourth-order valence-corrected chi connectivity index (χ4v) is 3.22. The van der Waals surface area contributed by atoms with Crippen LogP contribution in [0.25, 0.3) is 0 Å². The monoisotopic (exact) mass is 329 g/mol. The van der Waals surface area contributed by atoms with Crippen molar-refractivity contribution in [2.45, 2.75) is 24.5 Å². The quantitative estimate of drug-likeness (QED) is 0.769. The molecule has 1 amide bonds. The minimum absolute atomic E-state index is 0.0570. The first-order valence-corrected chi connectivity index (χ1v) is 8.68. The van der Waals surface area contributed by atoms with E-state index < -0.39 is 0 Å². The fraction of sp³-hybridized carbons (Fsp3) is 0.316. The van der Waals surface area contributed by atoms with Gasteiger partial charge in [0, 0.05) is 19.3 Å². The first kappa shape index (κ1) is 17.4. The molecular formula is C19H23NO2S. The van der Waals surface area contributed by atoms with Gasteiger partial charge in [-0.15, -0.1) is 11.8 Å². The van der Waals surface area contributed by atoms with Crippen molar-refractivity contribution in [1.82, 2.24) is 4.90 Å². The third-order valence-electron chi connectivity index (χ3n) is 3.65. The molecule has 0 aromatic heterocycles. The summed E-state index contributed by atoms with van der Waals surface area (Å²) >= 11 is 1.67. The van der Waals surface area contributed by atoms with Crippen molar-refractivity contribution in [3.63, 3.8) is 0 Å². The van der Waals surface area contributed by atoms with E-state index in [0.717, 1.165) is 17.1 Å². The van der Waals surface area contributed by atoms with E-state index in [4.69, 9.17) is 4.74 Å². The summed E-state index contributed by atoms with van der Waals surface area (Å²) < 4.78 is 5.15. The highest BCUT2D eigenvalue weighted by Gasteiger charge is 2.18. The maximum absolute atomic E-state index is 12.5. The number of hydrogen-bond acceptors (Lipinski definition) is 3. The summed E-state index contributed by atoms with van der Waals surface area (Å²) in [5.74, 6) is 1.83. The van der Waals surface area contributed by atoms with Crippen LogP contribution < -0.4 is 4.74 Å². The number of amides is 1. The van der Waals surface area contributed by atoms with E-state index in [0.29, 0.717) is 6.54 Å². The number of carbonyl (C=O) groups excluding carboxylic acids is 1. The largest absolute Gasteiger partial charge is 0.497 e. The maximum Gasteiger partial charge on any atom is 0.235 e. The van der Waals surface area contributed by atoms with Gasteiger partial charge in [0.2, 0.25) is 5.91 Å². The van der Waals surface area contributed by atoms with Crippen molar-refractivity contribution in [1.29, 1.82) is 0 Å². The molecule has 4 heteroatoms. The molecule has 0 saturated carbocycles. The SMILES string of the molecule is COc1ccc(CN(C)C(=O)[C@H](C)SCc2ccccc2)cc1. The summed E-state index contributed by atoms with van der Waals surface area (Å²) in [7, 11) is 3.50. The topological polar surface area (TPSA) is 29.5 Å². The second-order valence-electron chi connectivity index (χ2n) is 5.48. The summed E-state index contributed by atoms with van der Waals surface area (Å²) in [6.45, 7) is 2.58. The molecule has 0 saturated heterocycles. The Kier molecular flexibility index (Phi) is 6.53. The number of ether oxygens (including phenoxy) is 1. The van der Waals surface area contributed by atoms with Crippen LogP contribution in [0.4, 0.5) is 0 Å². The number of methoxy groups -OCH3 is 1. The minimum Gasteiger partial charge on any atom is -0.497 e. The van der Waals surface area contributed by atoms with Gasteiger partial charge < -0.3 is 9.64 Å². The van der Waals surface area contributed by atoms with E-state index in [1.807, 2.05) is 56.4 Å². The van der Waals surface area contributed by atoms with Crippen LogP contribution in [0.3, 0.4) is 0 Å². The Balaban J connectivity index is 1.85. The Bertz CT molecular complexity index is 613. The molecule has 0 spiro atoms. The van der Waals surface area contributed by atoms with Crippen LogP contribution in [0.1, 0.15) is 18.1 Å². The number of hydrogen-bond donors (Lipinski definition) is 0. The zero-order chi connectivity index (χ0) is 16.7. The van der Waals surface area contributed by atoms with Crippen molar-refractivity contribution in [3.8, 4) is 5.75 Å². The van der Waals surface area contributed by atoms with E-state index in [1.165, 1.54) is 5.56 Å². The molecule has 2 aromatic rings. The van der Waals surface area contributed by atoms with Gasteiger partial charge in [-0.2, -0.15) is 0 Å². The second-order valence-corrected chi connectivity index (χ2v) is 6.81. The summed E-state index contributed by atoms with van der Waals surface area (Å²) in [6, 6.07) is 18.1. The van der Waals surface area contributed by atoms with Gasteiger partial charge in [0.05, 0.1) is 12.4 Å². The average molecular weight is 329 g/mol. The third-order valence-corrected chi connectivity index (χ3v) is 4.85. The lowest BCUT2D eigenvalue weighted by Gasteiger charge is -2.21. The first-order chi connectivity index (χ1) is 11.1. The Morgan fingerprint density at radius 2 is 1.74 bits per heavy atom. The minimum atomic E-state index is -0.0570. The Hall–Kier alpha value is -1.94. The van der Waals surface area contributed by atoms with E-state index >= 15 is 0 Å². The molecule has 1 atom stereocenters. The highest BCUT2D eigenvalue weighted by Crippen LogP contribution is 2.20. The smallest absolute Gasteiger partial charge is 0.235 e. The van der Waals surface area contributed by atoms with Crippen molar-refractivity contribution in [3.05, 3.63) is 65.7 Å². The van der Waals surface area contributed by atoms with Crippen LogP contribution in [0.5, 0.6) is 5.75 Å². The van der Waals surface area contributed by atoms with Crippen LogP contribution in [0.2, 0.25) is 0 Å². The molecule has 0 aliphatic carbocycles. The number of rotatable bonds is 7. The molecule has 0 aliphatic rings. The number of benzene rings is 2. The van der Waals surface area contributed by atoms with Crippen LogP contribution in [0, 0.1) is 0 Å². The van der Waals surface area contributed by atoms with Crippen molar-refractivity contribution in [2.75, 3.05) is 14.2 Å². The Morgan fingerprint density at radius 1 is 1.09 bits per heavy atom. The summed E-state index contributed by atoms with van der Waals surface area (Å²) in [5.41, 5.74) is 2.34. The Morgan fingerprint density at radius 3 is 2.35 bits per heavy atom. The van der Waals surface area contributed by atoms with Crippen molar-refractivity contribution >= 4 is 17.7 Å². The van der Waals surface area contributed by atoms with Crippen molar-refractivity contribution < 1.29 is 9.53 Å². The van der Waals surface area contributed by atoms with E-state index in [-0.39, 0.29) is 11.2 Å². The number of nitrogens with zero attached hydrogens (tertiary/aromatic N) is 1. The zero-order valence-electron chi connectivity index (χ0n) is 13.9. The Labute approximate surface area is 142 Å². The molecule has 23 heavy (non-hydrogen) atoms. The predicted octanol–water partition coefficient (Wildman–Crippen LogP) is 3.98. The molecule has 0 unspecified atom stereocenters. The number of carbonyl (C=O) groups is 1. The molecule has 2 aromatic carbocycles. The van der Waals surface area contributed by atoms with Gasteiger partial charge in [-0.05, 0) is 30.2 Å². The maximum atomic E-state index is 12.5. The normalized spacial score (nSPS) is 11.8. The zero-order valence-corrected chi connectivity index (χ0v) is 14.7. The standard InChI is InChI=1S/C19H23NO2S/c1-15(23-14-17-7-5-4-6-8-17)19(21)20(2)13-16-9-11-18(22-3)12-10-16/h4-12,15H,13-14H2,1-3H3/t15-/m0/s1. The van der Waals surface area contributed by atoms with Gasteiger partial charge in [0.25, 0.3) is 0 Å². The fourth-order valence-electron chi connectivity index (χ4n) is 2.26. The van der Waals surface area contributed by atoms with E-state index in [9.17, 15) is 4.79 Å². The van der Waals surface area contributed by atoms with Crippen LogP contribution in [-0.2, 0) is 17.1 Å². The van der Waals surface area contributed by atoms with Gasteiger partial charge in [0.15, 0.2) is 0 Å². The lowest BCUT2D eigenvalue weighted by molar-refractivity contribution is -0.129. The van der Waals surface area contributed by atoms with Crippen LogP contribution >= 0.6 is 11.8 Å². The highest BCUT2D eigenvalue weighted by atomic mass is 32.2. The molecular weight excluding hydrogens is 306 g/mol. The molecule has 0 radical (unpaired) electrons. The molecule has 3 nitrogen and oxygen atoms in total. The predicted molar refractivity (Wildman–Crippen MR) is 96.7 cm³/mol. The summed E-state index contributed by atoms with van der Waals surface area (Å²) in [6.07, 6.45) is 0. The summed E-state index contributed by atoms with van der Waals surface area (Å²) in [5, 5.41) is -0.0570. The lowest BCUT2D eigenvalue weighted by atomic mass is 10.2. The number of thioether (sulfide) groups is 1. The van der Waals surface area contributed by atoms with E-state index in [2.05, 4.69) is 12.1 Å².